The Morgan fingerprint density at radius 2 is 1.73 bits per heavy atom. The van der Waals surface area contributed by atoms with E-state index in [-0.39, 0.29) is 5.91 Å². The van der Waals surface area contributed by atoms with Crippen molar-refractivity contribution in [2.45, 2.75) is 32.9 Å². The van der Waals surface area contributed by atoms with Crippen molar-refractivity contribution in [3.8, 4) is 22.5 Å². The number of likely N-dealkylation sites (tertiary alicyclic amines) is 1. The van der Waals surface area contributed by atoms with Crippen LogP contribution in [0.15, 0.2) is 79.1 Å². The topological polar surface area (TPSA) is 57.2 Å². The van der Waals surface area contributed by atoms with Crippen molar-refractivity contribution in [3.05, 3.63) is 100 Å². The highest BCUT2D eigenvalue weighted by Crippen LogP contribution is 2.40. The summed E-state index contributed by atoms with van der Waals surface area (Å²) in [6.07, 6.45) is 2.83. The molecule has 1 atom stereocenters. The second-order valence-corrected chi connectivity index (χ2v) is 11.4. The average Bonchev–Trinajstić information content (AvgIpc) is 3.72. The summed E-state index contributed by atoms with van der Waals surface area (Å²) in [4.78, 5) is 27.1. The van der Waals surface area contributed by atoms with Crippen LogP contribution < -0.4 is 0 Å². The number of nitrogens with zero attached hydrogens (tertiary/aromatic N) is 4. The average molecular weight is 587 g/mol. The minimum Gasteiger partial charge on any atom is -0.350 e. The van der Waals surface area contributed by atoms with Crippen molar-refractivity contribution in [1.82, 2.24) is 24.3 Å². The van der Waals surface area contributed by atoms with Crippen LogP contribution in [-0.2, 0) is 6.54 Å². The molecule has 1 fully saturated rings. The number of aromatic amines is 1. The van der Waals surface area contributed by atoms with Gasteiger partial charge < -0.3 is 14.5 Å². The summed E-state index contributed by atoms with van der Waals surface area (Å²) in [6, 6.07) is 24.1. The summed E-state index contributed by atoms with van der Waals surface area (Å²) >= 11 is 12.6. The minimum absolute atomic E-state index is 0.000216. The maximum absolute atomic E-state index is 14.3. The van der Waals surface area contributed by atoms with Crippen LogP contribution in [0.3, 0.4) is 0 Å². The van der Waals surface area contributed by atoms with E-state index in [0.717, 1.165) is 65.0 Å². The van der Waals surface area contributed by atoms with Crippen LogP contribution in [-0.4, -0.2) is 62.5 Å². The molecule has 0 aliphatic carbocycles. The maximum Gasteiger partial charge on any atom is 0.271 e. The molecule has 1 amide bonds. The van der Waals surface area contributed by atoms with E-state index >= 15 is 0 Å². The first-order chi connectivity index (χ1) is 20.0. The normalized spacial score (nSPS) is 15.3. The van der Waals surface area contributed by atoms with Crippen LogP contribution in [0.5, 0.6) is 0 Å². The molecule has 3 aromatic carbocycles. The van der Waals surface area contributed by atoms with Gasteiger partial charge in [0.05, 0.1) is 17.7 Å². The van der Waals surface area contributed by atoms with Crippen molar-refractivity contribution < 1.29 is 4.79 Å². The highest BCUT2D eigenvalue weighted by atomic mass is 35.5. The third-order valence-corrected chi connectivity index (χ3v) is 8.63. The highest BCUT2D eigenvalue weighted by Gasteiger charge is 2.33. The smallest absolute Gasteiger partial charge is 0.271 e. The van der Waals surface area contributed by atoms with Gasteiger partial charge in [0.15, 0.2) is 0 Å². The lowest BCUT2D eigenvalue weighted by atomic mass is 10.0. The number of halogens is 2. The van der Waals surface area contributed by atoms with Crippen LogP contribution in [0.2, 0.25) is 10.0 Å². The lowest BCUT2D eigenvalue weighted by Crippen LogP contribution is -2.38. The number of rotatable bonds is 8. The van der Waals surface area contributed by atoms with E-state index in [1.807, 2.05) is 71.9 Å². The van der Waals surface area contributed by atoms with Crippen molar-refractivity contribution >= 4 is 40.0 Å². The Hall–Kier alpha value is -3.58. The van der Waals surface area contributed by atoms with Gasteiger partial charge in [0.2, 0.25) is 0 Å². The lowest BCUT2D eigenvalue weighted by molar-refractivity contribution is 0.0774. The molecule has 41 heavy (non-hydrogen) atoms. The predicted molar refractivity (Wildman–Crippen MR) is 168 cm³/mol. The fourth-order valence-electron chi connectivity index (χ4n) is 6.06. The van der Waals surface area contributed by atoms with Gasteiger partial charge in [-0.3, -0.25) is 9.69 Å². The first kappa shape index (κ1) is 27.6. The van der Waals surface area contributed by atoms with Crippen molar-refractivity contribution in [3.63, 3.8) is 0 Å². The van der Waals surface area contributed by atoms with Crippen LogP contribution in [0.1, 0.15) is 36.3 Å². The number of H-pyrrole nitrogens is 1. The van der Waals surface area contributed by atoms with Gasteiger partial charge in [-0.2, -0.15) is 0 Å². The van der Waals surface area contributed by atoms with E-state index in [1.54, 1.807) is 0 Å². The monoisotopic (exact) mass is 585 g/mol. The number of benzene rings is 3. The molecule has 0 saturated carbocycles. The molecule has 0 bridgehead atoms. The van der Waals surface area contributed by atoms with Crippen LogP contribution in [0.25, 0.3) is 33.4 Å². The third kappa shape index (κ3) is 5.40. The Kier molecular flexibility index (Phi) is 7.89. The van der Waals surface area contributed by atoms with Gasteiger partial charge in [0.25, 0.3) is 5.91 Å². The zero-order chi connectivity index (χ0) is 28.5. The second-order valence-electron chi connectivity index (χ2n) is 10.5. The van der Waals surface area contributed by atoms with Crippen molar-refractivity contribution in [2.24, 2.45) is 0 Å². The summed E-state index contributed by atoms with van der Waals surface area (Å²) in [6.45, 7) is 8.33. The number of amides is 1. The number of aromatic nitrogens is 3. The molecule has 1 N–H and O–H groups in total. The third-order valence-electron chi connectivity index (χ3n) is 8.14. The standard InChI is InChI=1S/C33H33Cl2N5O/c1-3-38(4-2)26-16-17-39(20-26)33(41)31-29(27-15-14-25(35)18-28(27)37-31)32-30(23-8-6-5-7-9-23)36-21-40(32)19-22-10-12-24(34)13-11-22/h5-15,18,21,26,37H,3-4,16-17,19-20H2,1-2H3. The minimum atomic E-state index is 0.000216. The number of fused-ring (bicyclic) bond motifs is 1. The summed E-state index contributed by atoms with van der Waals surface area (Å²) in [5.41, 5.74) is 6.03. The van der Waals surface area contributed by atoms with E-state index in [2.05, 4.69) is 40.4 Å². The molecule has 3 heterocycles. The summed E-state index contributed by atoms with van der Waals surface area (Å²) < 4.78 is 2.13. The molecule has 1 saturated heterocycles. The molecule has 2 aromatic heterocycles. The molecular weight excluding hydrogens is 553 g/mol. The Morgan fingerprint density at radius 1 is 1.00 bits per heavy atom. The molecule has 1 aliphatic heterocycles. The largest absolute Gasteiger partial charge is 0.350 e. The Bertz CT molecular complexity index is 1670. The van der Waals surface area contributed by atoms with Gasteiger partial charge >= 0.3 is 0 Å². The fourth-order valence-corrected chi connectivity index (χ4v) is 6.35. The summed E-state index contributed by atoms with van der Waals surface area (Å²) in [5, 5.41) is 2.25. The van der Waals surface area contributed by atoms with Gasteiger partial charge in [-0.25, -0.2) is 4.98 Å². The Morgan fingerprint density at radius 3 is 2.46 bits per heavy atom. The highest BCUT2D eigenvalue weighted by molar-refractivity contribution is 6.31. The Labute approximate surface area is 250 Å². The first-order valence-electron chi connectivity index (χ1n) is 14.2. The molecule has 0 spiro atoms. The van der Waals surface area contributed by atoms with Gasteiger partial charge in [0.1, 0.15) is 5.69 Å². The number of carbonyl (C=O) groups excluding carboxylic acids is 1. The molecule has 6 rings (SSSR count). The molecule has 1 unspecified atom stereocenters. The van der Waals surface area contributed by atoms with Crippen LogP contribution >= 0.6 is 23.2 Å². The zero-order valence-corrected chi connectivity index (χ0v) is 24.8. The quantitative estimate of drug-likeness (QED) is 0.204. The predicted octanol–water partition coefficient (Wildman–Crippen LogP) is 7.61. The summed E-state index contributed by atoms with van der Waals surface area (Å²) in [5.74, 6) is 0.000216. The van der Waals surface area contributed by atoms with Crippen molar-refractivity contribution in [2.75, 3.05) is 26.2 Å². The molecular formula is C33H33Cl2N5O. The zero-order valence-electron chi connectivity index (χ0n) is 23.3. The van der Waals surface area contributed by atoms with E-state index in [1.165, 1.54) is 0 Å². The number of likely N-dealkylation sites (N-methyl/N-ethyl adjacent to an activating group) is 1. The van der Waals surface area contributed by atoms with E-state index < -0.39 is 0 Å². The maximum atomic E-state index is 14.3. The van der Waals surface area contributed by atoms with E-state index in [0.29, 0.717) is 34.9 Å². The number of nitrogens with one attached hydrogen (secondary N) is 1. The van der Waals surface area contributed by atoms with Gasteiger partial charge in [0, 0.05) is 57.8 Å². The fraction of sp³-hybridized carbons (Fsp3) is 0.273. The van der Waals surface area contributed by atoms with Gasteiger partial charge in [-0.05, 0) is 49.3 Å². The van der Waals surface area contributed by atoms with Crippen LogP contribution in [0, 0.1) is 0 Å². The number of imidazole rings is 1. The molecule has 6 nitrogen and oxygen atoms in total. The molecule has 0 radical (unpaired) electrons. The van der Waals surface area contributed by atoms with Gasteiger partial charge in [-0.15, -0.1) is 0 Å². The molecule has 1 aliphatic rings. The Balaban J connectivity index is 1.51. The SMILES string of the molecule is CCN(CC)C1CCN(C(=O)c2[nH]c3cc(Cl)ccc3c2-c2c(-c3ccccc3)ncn2Cc2ccc(Cl)cc2)C1. The van der Waals surface area contributed by atoms with Crippen molar-refractivity contribution in [1.29, 1.82) is 0 Å². The molecule has 8 heteroatoms. The van der Waals surface area contributed by atoms with E-state index in [9.17, 15) is 4.79 Å². The number of carbonyl (C=O) groups is 1. The van der Waals surface area contributed by atoms with Gasteiger partial charge in [-0.1, -0.05) is 85.6 Å². The lowest BCUT2D eigenvalue weighted by Gasteiger charge is -2.26. The molecule has 5 aromatic rings. The van der Waals surface area contributed by atoms with Crippen LogP contribution in [0.4, 0.5) is 0 Å². The van der Waals surface area contributed by atoms with E-state index in [4.69, 9.17) is 28.2 Å². The second kappa shape index (κ2) is 11.7. The molecule has 210 valence electrons. The number of hydrogen-bond donors (Lipinski definition) is 1. The summed E-state index contributed by atoms with van der Waals surface area (Å²) in [7, 11) is 0. The number of hydrogen-bond acceptors (Lipinski definition) is 3. The first-order valence-corrected chi connectivity index (χ1v) is 14.9.